The number of benzene rings is 1. The number of hydrogen-bond donors (Lipinski definition) is 0. The van der Waals surface area contributed by atoms with Crippen molar-refractivity contribution in [3.05, 3.63) is 33.8 Å². The fraction of sp³-hybridized carbons (Fsp3) is 0.417. The molecule has 1 heterocycles. The molecule has 0 spiro atoms. The standard InChI is InChI=1S/C12H14BrNO2/c1-9-10(3-2-4-11(9)13)12(15)14-5-7-16-8-6-14/h2-4H,5-8H2,1H3. The van der Waals surface area contributed by atoms with E-state index in [2.05, 4.69) is 15.9 Å². The van der Waals surface area contributed by atoms with Crippen molar-refractivity contribution in [2.45, 2.75) is 6.92 Å². The number of ether oxygens (including phenoxy) is 1. The first-order chi connectivity index (χ1) is 7.70. The SMILES string of the molecule is Cc1c(Br)cccc1C(=O)N1CCOCC1. The molecule has 0 atom stereocenters. The molecule has 1 saturated heterocycles. The van der Waals surface area contributed by atoms with Crippen LogP contribution in [0.15, 0.2) is 22.7 Å². The minimum atomic E-state index is 0.0992. The van der Waals surface area contributed by atoms with Crippen LogP contribution in [0, 0.1) is 6.92 Å². The number of rotatable bonds is 1. The second-order valence-corrected chi connectivity index (χ2v) is 4.67. The summed E-state index contributed by atoms with van der Waals surface area (Å²) in [7, 11) is 0. The average Bonchev–Trinajstić information content (AvgIpc) is 2.33. The van der Waals surface area contributed by atoms with Crippen molar-refractivity contribution in [3.63, 3.8) is 0 Å². The Labute approximate surface area is 104 Å². The van der Waals surface area contributed by atoms with Crippen LogP contribution in [-0.4, -0.2) is 37.1 Å². The zero-order valence-electron chi connectivity index (χ0n) is 9.20. The van der Waals surface area contributed by atoms with E-state index in [0.717, 1.165) is 15.6 Å². The van der Waals surface area contributed by atoms with Crippen LogP contribution in [0.5, 0.6) is 0 Å². The molecule has 1 amide bonds. The van der Waals surface area contributed by atoms with Gasteiger partial charge in [0, 0.05) is 23.1 Å². The number of morpholine rings is 1. The summed E-state index contributed by atoms with van der Waals surface area (Å²) in [6.07, 6.45) is 0. The zero-order valence-corrected chi connectivity index (χ0v) is 10.8. The Kier molecular flexibility index (Phi) is 3.61. The van der Waals surface area contributed by atoms with Crippen LogP contribution in [0.2, 0.25) is 0 Å². The molecule has 2 rings (SSSR count). The normalized spacial score (nSPS) is 16.2. The Morgan fingerprint density at radius 3 is 2.75 bits per heavy atom. The van der Waals surface area contributed by atoms with Gasteiger partial charge in [0.1, 0.15) is 0 Å². The van der Waals surface area contributed by atoms with Crippen molar-refractivity contribution >= 4 is 21.8 Å². The first-order valence-corrected chi connectivity index (χ1v) is 6.11. The van der Waals surface area contributed by atoms with Gasteiger partial charge in [0.15, 0.2) is 0 Å². The largest absolute Gasteiger partial charge is 0.378 e. The molecule has 1 aromatic carbocycles. The highest BCUT2D eigenvalue weighted by Gasteiger charge is 2.20. The molecule has 0 aliphatic carbocycles. The van der Waals surface area contributed by atoms with E-state index in [1.54, 1.807) is 0 Å². The van der Waals surface area contributed by atoms with Gasteiger partial charge in [0.25, 0.3) is 5.91 Å². The fourth-order valence-electron chi connectivity index (χ4n) is 1.78. The maximum atomic E-state index is 12.2. The summed E-state index contributed by atoms with van der Waals surface area (Å²) in [6.45, 7) is 4.60. The third kappa shape index (κ3) is 2.28. The molecule has 86 valence electrons. The first kappa shape index (κ1) is 11.6. The van der Waals surface area contributed by atoms with Gasteiger partial charge in [-0.2, -0.15) is 0 Å². The lowest BCUT2D eigenvalue weighted by atomic mass is 10.1. The summed E-state index contributed by atoms with van der Waals surface area (Å²) in [6, 6.07) is 5.72. The molecule has 0 bridgehead atoms. The van der Waals surface area contributed by atoms with E-state index in [0.29, 0.717) is 26.3 Å². The number of amides is 1. The second kappa shape index (κ2) is 4.97. The van der Waals surface area contributed by atoms with Crippen LogP contribution in [-0.2, 0) is 4.74 Å². The molecule has 16 heavy (non-hydrogen) atoms. The quantitative estimate of drug-likeness (QED) is 0.791. The highest BCUT2D eigenvalue weighted by Crippen LogP contribution is 2.21. The zero-order chi connectivity index (χ0) is 11.5. The number of carbonyl (C=O) groups is 1. The van der Waals surface area contributed by atoms with Crippen LogP contribution in [0.25, 0.3) is 0 Å². The first-order valence-electron chi connectivity index (χ1n) is 5.32. The Morgan fingerprint density at radius 2 is 2.06 bits per heavy atom. The van der Waals surface area contributed by atoms with Gasteiger partial charge in [-0.15, -0.1) is 0 Å². The van der Waals surface area contributed by atoms with Crippen LogP contribution in [0.4, 0.5) is 0 Å². The summed E-state index contributed by atoms with van der Waals surface area (Å²) in [5, 5.41) is 0. The summed E-state index contributed by atoms with van der Waals surface area (Å²) < 4.78 is 6.21. The van der Waals surface area contributed by atoms with E-state index in [-0.39, 0.29) is 5.91 Å². The number of hydrogen-bond acceptors (Lipinski definition) is 2. The lowest BCUT2D eigenvalue weighted by molar-refractivity contribution is 0.0302. The number of nitrogens with zero attached hydrogens (tertiary/aromatic N) is 1. The minimum absolute atomic E-state index is 0.0992. The van der Waals surface area contributed by atoms with E-state index in [1.165, 1.54) is 0 Å². The van der Waals surface area contributed by atoms with Crippen LogP contribution in [0.3, 0.4) is 0 Å². The van der Waals surface area contributed by atoms with Gasteiger partial charge in [-0.05, 0) is 24.6 Å². The van der Waals surface area contributed by atoms with Gasteiger partial charge in [0.05, 0.1) is 13.2 Å². The monoisotopic (exact) mass is 283 g/mol. The smallest absolute Gasteiger partial charge is 0.254 e. The lowest BCUT2D eigenvalue weighted by Gasteiger charge is -2.27. The molecular formula is C12H14BrNO2. The summed E-state index contributed by atoms with van der Waals surface area (Å²) in [5.74, 6) is 0.0992. The second-order valence-electron chi connectivity index (χ2n) is 3.82. The number of carbonyl (C=O) groups excluding carboxylic acids is 1. The Balaban J connectivity index is 2.22. The van der Waals surface area contributed by atoms with Crippen molar-refractivity contribution in [2.75, 3.05) is 26.3 Å². The van der Waals surface area contributed by atoms with Crippen molar-refractivity contribution in [1.29, 1.82) is 0 Å². The van der Waals surface area contributed by atoms with Gasteiger partial charge < -0.3 is 9.64 Å². The molecule has 1 aromatic rings. The average molecular weight is 284 g/mol. The van der Waals surface area contributed by atoms with Gasteiger partial charge in [0.2, 0.25) is 0 Å². The molecule has 3 nitrogen and oxygen atoms in total. The summed E-state index contributed by atoms with van der Waals surface area (Å²) in [4.78, 5) is 14.1. The van der Waals surface area contributed by atoms with E-state index in [4.69, 9.17) is 4.74 Å². The van der Waals surface area contributed by atoms with E-state index < -0.39 is 0 Å². The predicted octanol–water partition coefficient (Wildman–Crippen LogP) is 2.23. The third-order valence-corrected chi connectivity index (χ3v) is 3.66. The molecule has 1 aliphatic rings. The Morgan fingerprint density at radius 1 is 1.38 bits per heavy atom. The fourth-order valence-corrected chi connectivity index (χ4v) is 2.14. The molecule has 0 saturated carbocycles. The highest BCUT2D eigenvalue weighted by atomic mass is 79.9. The Bertz CT molecular complexity index is 400. The molecule has 0 unspecified atom stereocenters. The molecular weight excluding hydrogens is 270 g/mol. The van der Waals surface area contributed by atoms with Crippen molar-refractivity contribution in [3.8, 4) is 0 Å². The van der Waals surface area contributed by atoms with Crippen molar-refractivity contribution in [2.24, 2.45) is 0 Å². The van der Waals surface area contributed by atoms with Gasteiger partial charge in [-0.1, -0.05) is 22.0 Å². The van der Waals surface area contributed by atoms with E-state index >= 15 is 0 Å². The van der Waals surface area contributed by atoms with E-state index in [1.807, 2.05) is 30.0 Å². The number of halogens is 1. The molecule has 1 aliphatic heterocycles. The van der Waals surface area contributed by atoms with Crippen molar-refractivity contribution in [1.82, 2.24) is 4.90 Å². The molecule has 0 aromatic heterocycles. The molecule has 4 heteroatoms. The summed E-state index contributed by atoms with van der Waals surface area (Å²) in [5.41, 5.74) is 1.77. The topological polar surface area (TPSA) is 29.5 Å². The molecule has 0 radical (unpaired) electrons. The lowest BCUT2D eigenvalue weighted by Crippen LogP contribution is -2.40. The van der Waals surface area contributed by atoms with Crippen molar-refractivity contribution < 1.29 is 9.53 Å². The molecule has 0 N–H and O–H groups in total. The Hall–Kier alpha value is -0.870. The van der Waals surface area contributed by atoms with Gasteiger partial charge in [-0.25, -0.2) is 0 Å². The minimum Gasteiger partial charge on any atom is -0.378 e. The van der Waals surface area contributed by atoms with Gasteiger partial charge in [-0.3, -0.25) is 4.79 Å². The third-order valence-electron chi connectivity index (χ3n) is 2.80. The maximum Gasteiger partial charge on any atom is 0.254 e. The highest BCUT2D eigenvalue weighted by molar-refractivity contribution is 9.10. The molecule has 1 fully saturated rings. The summed E-state index contributed by atoms with van der Waals surface area (Å²) >= 11 is 3.44. The van der Waals surface area contributed by atoms with Crippen LogP contribution >= 0.6 is 15.9 Å². The van der Waals surface area contributed by atoms with Crippen LogP contribution in [0.1, 0.15) is 15.9 Å². The van der Waals surface area contributed by atoms with Gasteiger partial charge >= 0.3 is 0 Å². The van der Waals surface area contributed by atoms with Crippen LogP contribution < -0.4 is 0 Å². The maximum absolute atomic E-state index is 12.2. The predicted molar refractivity (Wildman–Crippen MR) is 65.6 cm³/mol. The van der Waals surface area contributed by atoms with E-state index in [9.17, 15) is 4.79 Å².